The Labute approximate surface area is 95.2 Å². The van der Waals surface area contributed by atoms with E-state index >= 15 is 0 Å². The smallest absolute Gasteiger partial charge is 0.0138 e. The molecule has 4 atom stereocenters. The van der Waals surface area contributed by atoms with Gasteiger partial charge >= 0.3 is 0 Å². The van der Waals surface area contributed by atoms with Crippen LogP contribution in [0.2, 0.25) is 0 Å². The van der Waals surface area contributed by atoms with Crippen LogP contribution in [-0.4, -0.2) is 30.6 Å². The van der Waals surface area contributed by atoms with Crippen LogP contribution in [0.1, 0.15) is 46.5 Å². The third kappa shape index (κ3) is 3.18. The maximum absolute atomic E-state index is 5.89. The van der Waals surface area contributed by atoms with Gasteiger partial charge in [0.25, 0.3) is 0 Å². The molecule has 1 rings (SSSR count). The zero-order valence-corrected chi connectivity index (χ0v) is 10.9. The zero-order valence-electron chi connectivity index (χ0n) is 10.9. The first kappa shape index (κ1) is 13.0. The lowest BCUT2D eigenvalue weighted by molar-refractivity contribution is 0.0776. The molecule has 1 aliphatic carbocycles. The van der Waals surface area contributed by atoms with Crippen molar-refractivity contribution in [3.8, 4) is 0 Å². The number of rotatable bonds is 4. The van der Waals surface area contributed by atoms with Gasteiger partial charge in [0.15, 0.2) is 0 Å². The summed E-state index contributed by atoms with van der Waals surface area (Å²) in [5, 5.41) is 0. The van der Waals surface area contributed by atoms with Crippen LogP contribution >= 0.6 is 0 Å². The molecule has 0 heterocycles. The van der Waals surface area contributed by atoms with Crippen LogP contribution in [-0.2, 0) is 0 Å². The van der Waals surface area contributed by atoms with Crippen molar-refractivity contribution in [2.75, 3.05) is 13.6 Å². The predicted octanol–water partition coefficient (Wildman–Crippen LogP) is 2.48. The summed E-state index contributed by atoms with van der Waals surface area (Å²) in [6, 6.07) is 1.41. The number of hydrogen-bond donors (Lipinski definition) is 1. The van der Waals surface area contributed by atoms with E-state index in [0.29, 0.717) is 12.1 Å². The van der Waals surface area contributed by atoms with Crippen molar-refractivity contribution < 1.29 is 0 Å². The van der Waals surface area contributed by atoms with Gasteiger partial charge in [-0.1, -0.05) is 20.3 Å². The Bertz CT molecular complexity index is 181. The van der Waals surface area contributed by atoms with E-state index in [1.807, 2.05) is 0 Å². The highest BCUT2D eigenvalue weighted by molar-refractivity contribution is 4.86. The topological polar surface area (TPSA) is 29.3 Å². The molecule has 0 aromatic carbocycles. The van der Waals surface area contributed by atoms with E-state index in [2.05, 4.69) is 32.7 Å². The highest BCUT2D eigenvalue weighted by atomic mass is 15.2. The molecule has 1 fully saturated rings. The van der Waals surface area contributed by atoms with Crippen molar-refractivity contribution in [1.82, 2.24) is 4.90 Å². The molecular weight excluding hydrogens is 184 g/mol. The first-order valence-electron chi connectivity index (χ1n) is 6.52. The molecule has 0 spiro atoms. The van der Waals surface area contributed by atoms with Crippen molar-refractivity contribution in [2.24, 2.45) is 17.6 Å². The number of nitrogens with zero attached hydrogens (tertiary/aromatic N) is 1. The summed E-state index contributed by atoms with van der Waals surface area (Å²) in [4.78, 5) is 2.56. The first-order chi connectivity index (χ1) is 7.10. The molecule has 1 saturated carbocycles. The number of nitrogens with two attached hydrogens (primary N) is 1. The van der Waals surface area contributed by atoms with Crippen LogP contribution < -0.4 is 5.73 Å². The Hall–Kier alpha value is -0.0800. The molecular formula is C13H28N2. The third-order valence-corrected chi connectivity index (χ3v) is 4.33. The summed E-state index contributed by atoms with van der Waals surface area (Å²) >= 11 is 0. The van der Waals surface area contributed by atoms with E-state index in [1.165, 1.54) is 25.7 Å². The van der Waals surface area contributed by atoms with Gasteiger partial charge < -0.3 is 10.6 Å². The first-order valence-corrected chi connectivity index (χ1v) is 6.52. The van der Waals surface area contributed by atoms with E-state index in [9.17, 15) is 0 Å². The van der Waals surface area contributed by atoms with Gasteiger partial charge in [-0.05, 0) is 51.6 Å². The van der Waals surface area contributed by atoms with Gasteiger partial charge in [0.1, 0.15) is 0 Å². The zero-order chi connectivity index (χ0) is 11.4. The molecule has 4 unspecified atom stereocenters. The quantitative estimate of drug-likeness (QED) is 0.776. The monoisotopic (exact) mass is 212 g/mol. The lowest BCUT2D eigenvalue weighted by atomic mass is 9.78. The minimum atomic E-state index is 0.689. The maximum atomic E-state index is 5.89. The molecule has 0 bridgehead atoms. The van der Waals surface area contributed by atoms with Crippen molar-refractivity contribution >= 4 is 0 Å². The van der Waals surface area contributed by atoms with Crippen molar-refractivity contribution in [1.29, 1.82) is 0 Å². The second-order valence-corrected chi connectivity index (χ2v) is 5.40. The van der Waals surface area contributed by atoms with Gasteiger partial charge in [-0.25, -0.2) is 0 Å². The van der Waals surface area contributed by atoms with Gasteiger partial charge in [-0.2, -0.15) is 0 Å². The number of hydrogen-bond acceptors (Lipinski definition) is 2. The van der Waals surface area contributed by atoms with Crippen molar-refractivity contribution in [3.05, 3.63) is 0 Å². The Morgan fingerprint density at radius 1 is 1.40 bits per heavy atom. The van der Waals surface area contributed by atoms with E-state index < -0.39 is 0 Å². The highest BCUT2D eigenvalue weighted by Crippen LogP contribution is 2.32. The van der Waals surface area contributed by atoms with E-state index in [0.717, 1.165) is 18.4 Å². The van der Waals surface area contributed by atoms with Gasteiger partial charge in [-0.15, -0.1) is 0 Å². The fraction of sp³-hybridized carbons (Fsp3) is 1.00. The van der Waals surface area contributed by atoms with Crippen LogP contribution in [0.5, 0.6) is 0 Å². The summed E-state index contributed by atoms with van der Waals surface area (Å²) in [6.07, 6.45) is 5.26. The van der Waals surface area contributed by atoms with E-state index in [4.69, 9.17) is 5.73 Å². The van der Waals surface area contributed by atoms with Crippen LogP contribution in [0.25, 0.3) is 0 Å². The van der Waals surface area contributed by atoms with Crippen LogP contribution in [0.3, 0.4) is 0 Å². The van der Waals surface area contributed by atoms with Crippen LogP contribution in [0.15, 0.2) is 0 Å². The molecule has 15 heavy (non-hydrogen) atoms. The minimum absolute atomic E-state index is 0.689. The molecule has 0 aliphatic heterocycles. The average molecular weight is 212 g/mol. The lowest BCUT2D eigenvalue weighted by Gasteiger charge is -2.42. The van der Waals surface area contributed by atoms with Gasteiger partial charge in [-0.3, -0.25) is 0 Å². The molecule has 0 saturated heterocycles. The van der Waals surface area contributed by atoms with E-state index in [-0.39, 0.29) is 0 Å². The van der Waals surface area contributed by atoms with Crippen molar-refractivity contribution in [3.63, 3.8) is 0 Å². The molecule has 90 valence electrons. The van der Waals surface area contributed by atoms with Gasteiger partial charge in [0.05, 0.1) is 0 Å². The molecule has 0 aromatic rings. The minimum Gasteiger partial charge on any atom is -0.330 e. The Morgan fingerprint density at radius 2 is 2.07 bits per heavy atom. The predicted molar refractivity (Wildman–Crippen MR) is 66.9 cm³/mol. The summed E-state index contributed by atoms with van der Waals surface area (Å²) < 4.78 is 0. The van der Waals surface area contributed by atoms with Crippen LogP contribution in [0, 0.1) is 11.8 Å². The highest BCUT2D eigenvalue weighted by Gasteiger charge is 2.31. The standard InChI is InChI=1S/C13H28N2/c1-5-11(3)15(4)13-8-10(2)6-7-12(13)9-14/h10-13H,5-9,14H2,1-4H3. The molecule has 1 aliphatic rings. The molecule has 2 N–H and O–H groups in total. The van der Waals surface area contributed by atoms with Gasteiger partial charge in [0.2, 0.25) is 0 Å². The third-order valence-electron chi connectivity index (χ3n) is 4.33. The molecule has 2 heteroatoms. The SMILES string of the molecule is CCC(C)N(C)C1CC(C)CCC1CN. The fourth-order valence-corrected chi connectivity index (χ4v) is 2.80. The summed E-state index contributed by atoms with van der Waals surface area (Å²) in [5.41, 5.74) is 5.89. The molecule has 2 nitrogen and oxygen atoms in total. The Balaban J connectivity index is 2.61. The largest absolute Gasteiger partial charge is 0.330 e. The normalized spacial score (nSPS) is 34.4. The molecule has 0 amide bonds. The maximum Gasteiger partial charge on any atom is 0.0138 e. The van der Waals surface area contributed by atoms with Crippen molar-refractivity contribution in [2.45, 2.75) is 58.5 Å². The molecule has 0 aromatic heterocycles. The fourth-order valence-electron chi connectivity index (χ4n) is 2.80. The van der Waals surface area contributed by atoms with E-state index in [1.54, 1.807) is 0 Å². The second kappa shape index (κ2) is 5.86. The van der Waals surface area contributed by atoms with Crippen LogP contribution in [0.4, 0.5) is 0 Å². The average Bonchev–Trinajstić information content (AvgIpc) is 2.27. The summed E-state index contributed by atoms with van der Waals surface area (Å²) in [7, 11) is 2.28. The second-order valence-electron chi connectivity index (χ2n) is 5.40. The lowest BCUT2D eigenvalue weighted by Crippen LogP contribution is -2.48. The molecule has 0 radical (unpaired) electrons. The Morgan fingerprint density at radius 3 is 2.60 bits per heavy atom. The summed E-state index contributed by atoms with van der Waals surface area (Å²) in [5.74, 6) is 1.60. The van der Waals surface area contributed by atoms with Gasteiger partial charge in [0, 0.05) is 12.1 Å². The Kier molecular flexibility index (Phi) is 5.07. The summed E-state index contributed by atoms with van der Waals surface area (Å²) in [6.45, 7) is 7.83.